The second-order valence-corrected chi connectivity index (χ2v) is 2.48. The number of hydrogen-bond donors (Lipinski definition) is 2. The van der Waals surface area contributed by atoms with E-state index in [0.29, 0.717) is 6.61 Å². The van der Waals surface area contributed by atoms with Crippen LogP contribution in [-0.2, 0) is 4.74 Å². The minimum absolute atomic E-state index is 0.119. The Labute approximate surface area is 62.4 Å². The van der Waals surface area contributed by atoms with Crippen LogP contribution >= 0.6 is 0 Å². The number of nitrogens with one attached hydrogen (secondary N) is 1. The van der Waals surface area contributed by atoms with Crippen molar-refractivity contribution in [2.24, 2.45) is 0 Å². The topological polar surface area (TPSA) is 41.5 Å². The Morgan fingerprint density at radius 1 is 1.60 bits per heavy atom. The summed E-state index contributed by atoms with van der Waals surface area (Å²) in [6, 6.07) is 0. The molecule has 0 aromatic carbocycles. The van der Waals surface area contributed by atoms with Gasteiger partial charge in [0.05, 0.1) is 18.8 Å². The summed E-state index contributed by atoms with van der Waals surface area (Å²) in [5.41, 5.74) is -0.241. The van der Waals surface area contributed by atoms with Gasteiger partial charge in [0, 0.05) is 7.11 Å². The molecule has 0 rings (SSSR count). The molecule has 0 fully saturated rings. The number of rotatable bonds is 5. The Hall–Kier alpha value is -0.120. The maximum absolute atomic E-state index is 8.97. The third-order valence-corrected chi connectivity index (χ3v) is 1.93. The molecule has 2 N–H and O–H groups in total. The van der Waals surface area contributed by atoms with Crippen molar-refractivity contribution >= 4 is 0 Å². The van der Waals surface area contributed by atoms with Gasteiger partial charge in [-0.2, -0.15) is 0 Å². The zero-order valence-electron chi connectivity index (χ0n) is 6.98. The molecule has 0 aliphatic rings. The molecule has 0 aliphatic carbocycles. The van der Waals surface area contributed by atoms with E-state index < -0.39 is 0 Å². The number of ether oxygens (including phenoxy) is 1. The molecule has 0 aromatic rings. The molecular weight excluding hydrogens is 130 g/mol. The van der Waals surface area contributed by atoms with Crippen LogP contribution in [0, 0.1) is 0 Å². The van der Waals surface area contributed by atoms with Gasteiger partial charge in [-0.25, -0.2) is 0 Å². The number of aliphatic hydroxyl groups is 1. The first-order chi connectivity index (χ1) is 4.74. The van der Waals surface area contributed by atoms with Gasteiger partial charge >= 0.3 is 0 Å². The van der Waals surface area contributed by atoms with Crippen molar-refractivity contribution in [2.45, 2.75) is 18.9 Å². The molecule has 0 amide bonds. The zero-order valence-corrected chi connectivity index (χ0v) is 6.98. The fourth-order valence-corrected chi connectivity index (χ4v) is 0.864. The standard InChI is InChI=1S/C7H17NO2/c1-4-7(5-9,8-2)6-10-3/h8-9H,4-6H2,1-3H3. The predicted octanol–water partition coefficient (Wildman–Crippen LogP) is -0.00670. The maximum Gasteiger partial charge on any atom is 0.0666 e. The van der Waals surface area contributed by atoms with E-state index in [4.69, 9.17) is 9.84 Å². The Kier molecular flexibility index (Phi) is 4.60. The quantitative estimate of drug-likeness (QED) is 0.575. The number of aliphatic hydroxyl groups excluding tert-OH is 1. The van der Waals surface area contributed by atoms with Crippen molar-refractivity contribution in [3.8, 4) is 0 Å². The van der Waals surface area contributed by atoms with Crippen molar-refractivity contribution in [3.63, 3.8) is 0 Å². The lowest BCUT2D eigenvalue weighted by Gasteiger charge is -2.29. The molecule has 0 saturated heterocycles. The largest absolute Gasteiger partial charge is 0.394 e. The summed E-state index contributed by atoms with van der Waals surface area (Å²) in [5, 5.41) is 12.0. The summed E-state index contributed by atoms with van der Waals surface area (Å²) >= 11 is 0. The molecular formula is C7H17NO2. The summed E-state index contributed by atoms with van der Waals surface area (Å²) in [5.74, 6) is 0. The highest BCUT2D eigenvalue weighted by molar-refractivity contribution is 4.83. The van der Waals surface area contributed by atoms with E-state index in [9.17, 15) is 0 Å². The third-order valence-electron chi connectivity index (χ3n) is 1.93. The van der Waals surface area contributed by atoms with E-state index in [1.54, 1.807) is 7.11 Å². The summed E-state index contributed by atoms with van der Waals surface area (Å²) in [6.07, 6.45) is 0.869. The van der Waals surface area contributed by atoms with Crippen molar-refractivity contribution in [1.29, 1.82) is 0 Å². The second-order valence-electron chi connectivity index (χ2n) is 2.48. The van der Waals surface area contributed by atoms with E-state index >= 15 is 0 Å². The molecule has 0 heterocycles. The molecule has 0 aromatic heterocycles. The zero-order chi connectivity index (χ0) is 8.04. The highest BCUT2D eigenvalue weighted by atomic mass is 16.5. The van der Waals surface area contributed by atoms with Gasteiger partial charge in [0.25, 0.3) is 0 Å². The van der Waals surface area contributed by atoms with Crippen LogP contribution < -0.4 is 5.32 Å². The van der Waals surface area contributed by atoms with Gasteiger partial charge in [0.15, 0.2) is 0 Å². The van der Waals surface area contributed by atoms with Crippen molar-refractivity contribution in [3.05, 3.63) is 0 Å². The van der Waals surface area contributed by atoms with Gasteiger partial charge < -0.3 is 15.2 Å². The van der Waals surface area contributed by atoms with Gasteiger partial charge in [-0.05, 0) is 13.5 Å². The predicted molar refractivity (Wildman–Crippen MR) is 41.0 cm³/mol. The van der Waals surface area contributed by atoms with E-state index in [0.717, 1.165) is 6.42 Å². The lowest BCUT2D eigenvalue weighted by Crippen LogP contribution is -2.49. The fraction of sp³-hybridized carbons (Fsp3) is 1.00. The van der Waals surface area contributed by atoms with E-state index in [-0.39, 0.29) is 12.1 Å². The van der Waals surface area contributed by atoms with Crippen molar-refractivity contribution < 1.29 is 9.84 Å². The molecule has 0 bridgehead atoms. The van der Waals surface area contributed by atoms with E-state index in [2.05, 4.69) is 5.32 Å². The van der Waals surface area contributed by atoms with Crippen LogP contribution in [0.5, 0.6) is 0 Å². The summed E-state index contributed by atoms with van der Waals surface area (Å²) in [7, 11) is 3.47. The third kappa shape index (κ3) is 2.25. The van der Waals surface area contributed by atoms with Crippen LogP contribution in [0.15, 0.2) is 0 Å². The lowest BCUT2D eigenvalue weighted by molar-refractivity contribution is 0.0648. The lowest BCUT2D eigenvalue weighted by atomic mass is 9.99. The monoisotopic (exact) mass is 147 g/mol. The van der Waals surface area contributed by atoms with Gasteiger partial charge in [-0.1, -0.05) is 6.92 Å². The SMILES string of the molecule is CCC(CO)(COC)NC. The summed E-state index contributed by atoms with van der Waals surface area (Å²) in [6.45, 7) is 2.69. The van der Waals surface area contributed by atoms with Crippen molar-refractivity contribution in [1.82, 2.24) is 5.32 Å². The van der Waals surface area contributed by atoms with Gasteiger partial charge in [0.1, 0.15) is 0 Å². The average Bonchev–Trinajstić information content (AvgIpc) is 2.01. The first-order valence-electron chi connectivity index (χ1n) is 3.53. The summed E-state index contributed by atoms with van der Waals surface area (Å²) in [4.78, 5) is 0. The molecule has 1 unspecified atom stereocenters. The van der Waals surface area contributed by atoms with Crippen molar-refractivity contribution in [2.75, 3.05) is 27.4 Å². The molecule has 0 aliphatic heterocycles. The first kappa shape index (κ1) is 9.88. The Balaban J connectivity index is 3.87. The van der Waals surface area contributed by atoms with Crippen LogP contribution in [0.4, 0.5) is 0 Å². The van der Waals surface area contributed by atoms with Gasteiger partial charge in [-0.15, -0.1) is 0 Å². The molecule has 1 atom stereocenters. The van der Waals surface area contributed by atoms with E-state index in [1.807, 2.05) is 14.0 Å². The van der Waals surface area contributed by atoms with Crippen LogP contribution in [0.3, 0.4) is 0 Å². The minimum atomic E-state index is -0.241. The molecule has 0 spiro atoms. The molecule has 3 heteroatoms. The highest BCUT2D eigenvalue weighted by Gasteiger charge is 2.24. The Bertz CT molecular complexity index is 73.4. The van der Waals surface area contributed by atoms with Crippen LogP contribution in [-0.4, -0.2) is 38.0 Å². The smallest absolute Gasteiger partial charge is 0.0666 e. The fourth-order valence-electron chi connectivity index (χ4n) is 0.864. The summed E-state index contributed by atoms with van der Waals surface area (Å²) < 4.78 is 4.96. The molecule has 0 saturated carbocycles. The van der Waals surface area contributed by atoms with Gasteiger partial charge in [-0.3, -0.25) is 0 Å². The maximum atomic E-state index is 8.97. The van der Waals surface area contributed by atoms with E-state index in [1.165, 1.54) is 0 Å². The second kappa shape index (κ2) is 4.66. The number of hydrogen-bond acceptors (Lipinski definition) is 3. The number of likely N-dealkylation sites (N-methyl/N-ethyl adjacent to an activating group) is 1. The normalized spacial score (nSPS) is 16.8. The Morgan fingerprint density at radius 2 is 2.20 bits per heavy atom. The molecule has 3 nitrogen and oxygen atoms in total. The van der Waals surface area contributed by atoms with Gasteiger partial charge in [0.2, 0.25) is 0 Å². The van der Waals surface area contributed by atoms with Crippen LogP contribution in [0.1, 0.15) is 13.3 Å². The first-order valence-corrected chi connectivity index (χ1v) is 3.53. The van der Waals surface area contributed by atoms with Crippen LogP contribution in [0.2, 0.25) is 0 Å². The number of methoxy groups -OCH3 is 1. The minimum Gasteiger partial charge on any atom is -0.394 e. The molecule has 10 heavy (non-hydrogen) atoms. The van der Waals surface area contributed by atoms with Crippen LogP contribution in [0.25, 0.3) is 0 Å². The Morgan fingerprint density at radius 3 is 2.30 bits per heavy atom. The molecule has 62 valence electrons. The molecule has 0 radical (unpaired) electrons. The average molecular weight is 147 g/mol. The highest BCUT2D eigenvalue weighted by Crippen LogP contribution is 2.07.